The van der Waals surface area contributed by atoms with Gasteiger partial charge in [0.25, 0.3) is 5.91 Å². The van der Waals surface area contributed by atoms with Gasteiger partial charge in [-0.25, -0.2) is 9.03 Å². The Morgan fingerprint density at radius 1 is 1.18 bits per heavy atom. The maximum absolute atomic E-state index is 12.2. The first-order valence-electron chi connectivity index (χ1n) is 11.4. The summed E-state index contributed by atoms with van der Waals surface area (Å²) in [5.41, 5.74) is 3.76. The summed E-state index contributed by atoms with van der Waals surface area (Å²) in [7, 11) is 5.00. The van der Waals surface area contributed by atoms with E-state index in [4.69, 9.17) is 14.6 Å². The number of anilines is 1. The number of carbonyl (C=O) groups excluding carboxylic acids is 1. The largest absolute Gasteiger partial charge is 0.479 e. The lowest BCUT2D eigenvalue weighted by molar-refractivity contribution is -0.0253. The minimum atomic E-state index is -0.181. The molecule has 4 aromatic rings. The third-order valence-electron chi connectivity index (χ3n) is 6.85. The molecule has 1 amide bonds. The predicted octanol–water partition coefficient (Wildman–Crippen LogP) is 3.17. The Morgan fingerprint density at radius 3 is 2.65 bits per heavy atom. The fourth-order valence-corrected chi connectivity index (χ4v) is 4.65. The molecule has 0 aromatic carbocycles. The van der Waals surface area contributed by atoms with Crippen molar-refractivity contribution < 1.29 is 14.3 Å². The van der Waals surface area contributed by atoms with Crippen molar-refractivity contribution in [3.8, 4) is 17.0 Å². The fourth-order valence-electron chi connectivity index (χ4n) is 4.65. The van der Waals surface area contributed by atoms with Crippen molar-refractivity contribution in [1.82, 2.24) is 29.5 Å². The van der Waals surface area contributed by atoms with Crippen molar-refractivity contribution >= 4 is 22.9 Å². The highest BCUT2D eigenvalue weighted by Gasteiger charge is 2.31. The smallest absolute Gasteiger partial charge is 0.254 e. The lowest BCUT2D eigenvalue weighted by atomic mass is 9.83. The maximum atomic E-state index is 12.2. The van der Waals surface area contributed by atoms with Gasteiger partial charge in [0.15, 0.2) is 0 Å². The number of amides is 1. The standard InChI is InChI=1S/C24H29N7O3/c1-24(34-4)9-5-16(6-10-24)27-23-28-22(33-3)20-17(8-12-31(20)29-23)15-7-11-30-19(13-15)18(14-26-30)21(32)25-2/h7-8,11-14,16H,5-6,9-10H2,1-4H3,(H,25,32)(H,27,29)/t16-,24-. The zero-order valence-corrected chi connectivity index (χ0v) is 19.8. The number of aromatic nitrogens is 5. The van der Waals surface area contributed by atoms with Gasteiger partial charge >= 0.3 is 0 Å². The molecule has 1 aliphatic rings. The van der Waals surface area contributed by atoms with Crippen molar-refractivity contribution in [1.29, 1.82) is 0 Å². The van der Waals surface area contributed by atoms with Gasteiger partial charge in [-0.05, 0) is 56.4 Å². The van der Waals surface area contributed by atoms with E-state index in [9.17, 15) is 4.79 Å². The van der Waals surface area contributed by atoms with Crippen molar-refractivity contribution in [3.05, 3.63) is 42.4 Å². The lowest BCUT2D eigenvalue weighted by Crippen LogP contribution is -2.37. The summed E-state index contributed by atoms with van der Waals surface area (Å²) in [6.45, 7) is 2.16. The maximum Gasteiger partial charge on any atom is 0.254 e. The van der Waals surface area contributed by atoms with Crippen LogP contribution in [0.5, 0.6) is 5.88 Å². The Morgan fingerprint density at radius 2 is 1.94 bits per heavy atom. The quantitative estimate of drug-likeness (QED) is 0.452. The summed E-state index contributed by atoms with van der Waals surface area (Å²) in [5, 5.41) is 15.1. The number of carbonyl (C=O) groups is 1. The van der Waals surface area contributed by atoms with E-state index in [0.717, 1.165) is 47.8 Å². The minimum absolute atomic E-state index is 0.0513. The molecule has 0 unspecified atom stereocenters. The van der Waals surface area contributed by atoms with Crippen molar-refractivity contribution in [3.63, 3.8) is 0 Å². The van der Waals surface area contributed by atoms with Gasteiger partial charge in [-0.2, -0.15) is 10.1 Å². The highest BCUT2D eigenvalue weighted by molar-refractivity contribution is 6.01. The fraction of sp³-hybridized carbons (Fsp3) is 0.417. The highest BCUT2D eigenvalue weighted by Crippen LogP contribution is 2.34. The highest BCUT2D eigenvalue weighted by atomic mass is 16.5. The molecule has 2 N–H and O–H groups in total. The molecule has 0 spiro atoms. The first kappa shape index (κ1) is 22.1. The summed E-state index contributed by atoms with van der Waals surface area (Å²) >= 11 is 0. The first-order valence-corrected chi connectivity index (χ1v) is 11.4. The van der Waals surface area contributed by atoms with E-state index in [-0.39, 0.29) is 17.6 Å². The van der Waals surface area contributed by atoms with Crippen LogP contribution < -0.4 is 15.4 Å². The molecule has 4 aromatic heterocycles. The summed E-state index contributed by atoms with van der Waals surface area (Å²) in [4.78, 5) is 16.9. The number of hydrogen-bond acceptors (Lipinski definition) is 7. The Kier molecular flexibility index (Phi) is 5.60. The Balaban J connectivity index is 1.48. The van der Waals surface area contributed by atoms with E-state index in [2.05, 4.69) is 27.6 Å². The number of ether oxygens (including phenoxy) is 2. The van der Waals surface area contributed by atoms with E-state index >= 15 is 0 Å². The van der Waals surface area contributed by atoms with Crippen LogP contribution in [0.25, 0.3) is 22.2 Å². The summed E-state index contributed by atoms with van der Waals surface area (Å²) in [5.74, 6) is 0.833. The molecule has 0 bridgehead atoms. The van der Waals surface area contributed by atoms with Crippen LogP contribution in [0, 0.1) is 0 Å². The molecule has 1 saturated carbocycles. The second-order valence-corrected chi connectivity index (χ2v) is 8.92. The van der Waals surface area contributed by atoms with E-state index < -0.39 is 0 Å². The van der Waals surface area contributed by atoms with Gasteiger partial charge < -0.3 is 20.1 Å². The molecule has 10 heteroatoms. The van der Waals surface area contributed by atoms with Crippen LogP contribution in [-0.4, -0.2) is 63.0 Å². The second kappa shape index (κ2) is 8.60. The van der Waals surface area contributed by atoms with Crippen molar-refractivity contribution in [2.45, 2.75) is 44.2 Å². The predicted molar refractivity (Wildman–Crippen MR) is 128 cm³/mol. The first-order chi connectivity index (χ1) is 16.4. The van der Waals surface area contributed by atoms with Crippen LogP contribution in [0.15, 0.2) is 36.8 Å². The van der Waals surface area contributed by atoms with Crippen LogP contribution in [0.2, 0.25) is 0 Å². The van der Waals surface area contributed by atoms with E-state index in [0.29, 0.717) is 17.4 Å². The number of nitrogens with zero attached hydrogens (tertiary/aromatic N) is 5. The summed E-state index contributed by atoms with van der Waals surface area (Å²) in [6, 6.07) is 6.15. The van der Waals surface area contributed by atoms with Gasteiger partial charge in [0.05, 0.1) is 30.0 Å². The molecule has 0 atom stereocenters. The van der Waals surface area contributed by atoms with Gasteiger partial charge in [0.2, 0.25) is 11.8 Å². The third-order valence-corrected chi connectivity index (χ3v) is 6.85. The van der Waals surface area contributed by atoms with E-state index in [1.165, 1.54) is 0 Å². The molecular weight excluding hydrogens is 434 g/mol. The van der Waals surface area contributed by atoms with Crippen LogP contribution in [-0.2, 0) is 4.74 Å². The number of fused-ring (bicyclic) bond motifs is 2. The topological polar surface area (TPSA) is 107 Å². The number of pyridine rings is 1. The van der Waals surface area contributed by atoms with Crippen LogP contribution in [0.4, 0.5) is 5.95 Å². The molecule has 0 aliphatic heterocycles. The normalized spacial score (nSPS) is 20.5. The third kappa shape index (κ3) is 3.83. The van der Waals surface area contributed by atoms with Crippen molar-refractivity contribution in [2.75, 3.05) is 26.6 Å². The van der Waals surface area contributed by atoms with Crippen LogP contribution in [0.1, 0.15) is 43.0 Å². The lowest BCUT2D eigenvalue weighted by Gasteiger charge is -2.36. The van der Waals surface area contributed by atoms with Gasteiger partial charge in [-0.1, -0.05) is 0 Å². The molecule has 1 aliphatic carbocycles. The second-order valence-electron chi connectivity index (χ2n) is 8.92. The van der Waals surface area contributed by atoms with E-state index in [1.807, 2.05) is 30.6 Å². The molecule has 178 valence electrons. The van der Waals surface area contributed by atoms with Crippen molar-refractivity contribution in [2.24, 2.45) is 0 Å². The molecular formula is C24H29N7O3. The number of methoxy groups -OCH3 is 2. The molecule has 0 radical (unpaired) electrons. The van der Waals surface area contributed by atoms with Gasteiger partial charge in [0, 0.05) is 38.2 Å². The molecule has 10 nitrogen and oxygen atoms in total. The summed E-state index contributed by atoms with van der Waals surface area (Å²) in [6.07, 6.45) is 9.25. The van der Waals surface area contributed by atoms with Gasteiger partial charge in [-0.3, -0.25) is 4.79 Å². The molecule has 0 saturated heterocycles. The van der Waals surface area contributed by atoms with Crippen LogP contribution in [0.3, 0.4) is 0 Å². The average Bonchev–Trinajstić information content (AvgIpc) is 3.48. The molecule has 34 heavy (non-hydrogen) atoms. The Hall–Kier alpha value is -3.66. The Labute approximate surface area is 197 Å². The zero-order valence-electron chi connectivity index (χ0n) is 19.8. The average molecular weight is 464 g/mol. The van der Waals surface area contributed by atoms with E-state index in [1.54, 1.807) is 36.5 Å². The number of hydrogen-bond donors (Lipinski definition) is 2. The minimum Gasteiger partial charge on any atom is -0.479 e. The molecule has 4 heterocycles. The van der Waals surface area contributed by atoms with Gasteiger partial charge in [0.1, 0.15) is 5.52 Å². The molecule has 5 rings (SSSR count). The SMILES string of the molecule is CNC(=O)c1cnn2ccc(-c3ccn4nc(N[C@H]5CC[C@](C)(OC)CC5)nc(OC)c34)cc12. The van der Waals surface area contributed by atoms with Gasteiger partial charge in [-0.15, -0.1) is 5.10 Å². The Bertz CT molecular complexity index is 1350. The van der Waals surface area contributed by atoms with Crippen LogP contribution >= 0.6 is 0 Å². The number of nitrogens with one attached hydrogen (secondary N) is 2. The molecule has 1 fully saturated rings. The number of rotatable bonds is 6. The zero-order chi connectivity index (χ0) is 23.9. The summed E-state index contributed by atoms with van der Waals surface area (Å²) < 4.78 is 14.8. The monoisotopic (exact) mass is 463 g/mol.